The van der Waals surface area contributed by atoms with Crippen molar-refractivity contribution in [3.63, 3.8) is 0 Å². The monoisotopic (exact) mass is 171 g/mol. The highest BCUT2D eigenvalue weighted by atomic mass is 15.3. The van der Waals surface area contributed by atoms with E-state index >= 15 is 0 Å². The van der Waals surface area contributed by atoms with Gasteiger partial charge in [0.25, 0.3) is 0 Å². The zero-order valence-electron chi connectivity index (χ0n) is 7.78. The average Bonchev–Trinajstić information content (AvgIpc) is 2.53. The maximum absolute atomic E-state index is 4.13. The molecule has 1 aromatic heterocycles. The van der Waals surface area contributed by atoms with Crippen LogP contribution in [-0.2, 0) is 0 Å². The Balaban J connectivity index is 2.53. The molecule has 0 bridgehead atoms. The van der Waals surface area contributed by atoms with E-state index in [1.807, 2.05) is 10.9 Å². The van der Waals surface area contributed by atoms with Gasteiger partial charge in [-0.05, 0) is 37.1 Å². The van der Waals surface area contributed by atoms with Crippen molar-refractivity contribution < 1.29 is 0 Å². The first kappa shape index (κ1) is 8.05. The lowest BCUT2D eigenvalue weighted by atomic mass is 10.1. The van der Waals surface area contributed by atoms with Crippen LogP contribution in [0.25, 0.3) is 5.69 Å². The lowest BCUT2D eigenvalue weighted by Crippen LogP contribution is -1.95. The molecule has 0 aliphatic heterocycles. The summed E-state index contributed by atoms with van der Waals surface area (Å²) in [5.74, 6) is 0. The molecule has 1 heterocycles. The normalized spacial score (nSPS) is 10.3. The van der Waals surface area contributed by atoms with Crippen molar-refractivity contribution in [2.45, 2.75) is 13.8 Å². The van der Waals surface area contributed by atoms with Gasteiger partial charge in [-0.1, -0.05) is 6.07 Å². The van der Waals surface area contributed by atoms with Crippen LogP contribution in [0.1, 0.15) is 11.1 Å². The second-order valence-electron chi connectivity index (χ2n) is 3.23. The Morgan fingerprint density at radius 1 is 1.15 bits per heavy atom. The molecule has 0 atom stereocenters. The topological polar surface area (TPSA) is 17.8 Å². The smallest absolute Gasteiger partial charge is 0.0651 e. The van der Waals surface area contributed by atoms with Crippen LogP contribution in [0, 0.1) is 19.9 Å². The van der Waals surface area contributed by atoms with Gasteiger partial charge in [0, 0.05) is 12.3 Å². The third-order valence-corrected chi connectivity index (χ3v) is 1.92. The minimum atomic E-state index is 1.10. The lowest BCUT2D eigenvalue weighted by molar-refractivity contribution is 0.877. The highest BCUT2D eigenvalue weighted by Gasteiger charge is 1.97. The molecule has 0 aliphatic rings. The molecule has 2 heteroatoms. The van der Waals surface area contributed by atoms with Gasteiger partial charge in [-0.3, -0.25) is 0 Å². The summed E-state index contributed by atoms with van der Waals surface area (Å²) in [7, 11) is 0. The van der Waals surface area contributed by atoms with E-state index in [-0.39, 0.29) is 0 Å². The Bertz CT molecular complexity index is 382. The summed E-state index contributed by atoms with van der Waals surface area (Å²) in [5, 5.41) is 4.13. The van der Waals surface area contributed by atoms with E-state index in [1.54, 1.807) is 6.20 Å². The molecular formula is C11H11N2. The van der Waals surface area contributed by atoms with Crippen LogP contribution >= 0.6 is 0 Å². The number of rotatable bonds is 1. The summed E-state index contributed by atoms with van der Waals surface area (Å²) in [6.45, 7) is 4.17. The zero-order chi connectivity index (χ0) is 9.26. The predicted molar refractivity (Wildman–Crippen MR) is 51.9 cm³/mol. The van der Waals surface area contributed by atoms with Gasteiger partial charge in [-0.25, -0.2) is 4.68 Å². The first-order chi connectivity index (χ1) is 6.25. The van der Waals surface area contributed by atoms with E-state index in [9.17, 15) is 0 Å². The number of aromatic nitrogens is 2. The van der Waals surface area contributed by atoms with E-state index in [0.29, 0.717) is 0 Å². The van der Waals surface area contributed by atoms with E-state index in [2.05, 4.69) is 43.2 Å². The molecule has 0 fully saturated rings. The van der Waals surface area contributed by atoms with E-state index in [0.717, 1.165) is 5.69 Å². The number of nitrogens with zero attached hydrogens (tertiary/aromatic N) is 2. The summed E-state index contributed by atoms with van der Waals surface area (Å²) in [6, 6.07) is 9.28. The second-order valence-corrected chi connectivity index (χ2v) is 3.23. The molecule has 0 saturated heterocycles. The first-order valence-electron chi connectivity index (χ1n) is 4.25. The number of hydrogen-bond acceptors (Lipinski definition) is 1. The molecule has 2 aromatic rings. The molecule has 2 nitrogen and oxygen atoms in total. The molecular weight excluding hydrogens is 160 g/mol. The van der Waals surface area contributed by atoms with Gasteiger partial charge in [-0.15, -0.1) is 0 Å². The molecule has 1 radical (unpaired) electrons. The van der Waals surface area contributed by atoms with E-state index in [1.165, 1.54) is 11.1 Å². The Morgan fingerprint density at radius 2 is 1.85 bits per heavy atom. The van der Waals surface area contributed by atoms with Crippen LogP contribution in [0.4, 0.5) is 0 Å². The molecule has 2 rings (SSSR count). The SMILES string of the molecule is Cc1cc(C)cc(-n2c[c]cn2)c1. The number of aryl methyl sites for hydroxylation is 2. The second kappa shape index (κ2) is 3.05. The highest BCUT2D eigenvalue weighted by molar-refractivity contribution is 5.38. The average molecular weight is 171 g/mol. The fraction of sp³-hybridized carbons (Fsp3) is 0.182. The minimum Gasteiger partial charge on any atom is -0.240 e. The van der Waals surface area contributed by atoms with Crippen molar-refractivity contribution in [1.82, 2.24) is 9.78 Å². The lowest BCUT2D eigenvalue weighted by Gasteiger charge is -2.04. The molecule has 1 aromatic carbocycles. The molecule has 65 valence electrons. The molecule has 0 saturated carbocycles. The van der Waals surface area contributed by atoms with Crippen molar-refractivity contribution in [2.24, 2.45) is 0 Å². The van der Waals surface area contributed by atoms with Gasteiger partial charge in [-0.2, -0.15) is 5.10 Å². The zero-order valence-corrected chi connectivity index (χ0v) is 7.78. The Morgan fingerprint density at radius 3 is 2.38 bits per heavy atom. The third kappa shape index (κ3) is 1.61. The van der Waals surface area contributed by atoms with Crippen LogP contribution < -0.4 is 0 Å². The maximum atomic E-state index is 4.13. The van der Waals surface area contributed by atoms with Crippen LogP contribution in [0.15, 0.2) is 30.6 Å². The van der Waals surface area contributed by atoms with Gasteiger partial charge in [0.05, 0.1) is 11.9 Å². The first-order valence-corrected chi connectivity index (χ1v) is 4.25. The summed E-state index contributed by atoms with van der Waals surface area (Å²) in [4.78, 5) is 0. The Labute approximate surface area is 77.8 Å². The van der Waals surface area contributed by atoms with Crippen LogP contribution in [0.2, 0.25) is 0 Å². The highest BCUT2D eigenvalue weighted by Crippen LogP contribution is 2.11. The van der Waals surface area contributed by atoms with Crippen LogP contribution in [0.3, 0.4) is 0 Å². The van der Waals surface area contributed by atoms with Gasteiger partial charge < -0.3 is 0 Å². The minimum absolute atomic E-state index is 1.10. The van der Waals surface area contributed by atoms with Crippen molar-refractivity contribution in [2.75, 3.05) is 0 Å². The van der Waals surface area contributed by atoms with Gasteiger partial charge in [0.1, 0.15) is 0 Å². The maximum Gasteiger partial charge on any atom is 0.0651 e. The van der Waals surface area contributed by atoms with Gasteiger partial charge >= 0.3 is 0 Å². The number of benzene rings is 1. The molecule has 0 N–H and O–H groups in total. The Kier molecular flexibility index (Phi) is 1.89. The molecule has 0 aliphatic carbocycles. The van der Waals surface area contributed by atoms with E-state index < -0.39 is 0 Å². The van der Waals surface area contributed by atoms with Crippen molar-refractivity contribution in [1.29, 1.82) is 0 Å². The fourth-order valence-electron chi connectivity index (χ4n) is 1.46. The predicted octanol–water partition coefficient (Wildman–Crippen LogP) is 2.29. The summed E-state index contributed by atoms with van der Waals surface area (Å²) < 4.78 is 1.82. The molecule has 0 spiro atoms. The molecule has 0 unspecified atom stereocenters. The van der Waals surface area contributed by atoms with Crippen molar-refractivity contribution in [3.05, 3.63) is 47.8 Å². The summed E-state index contributed by atoms with van der Waals surface area (Å²) in [6.07, 6.45) is 3.49. The van der Waals surface area contributed by atoms with Crippen molar-refractivity contribution in [3.8, 4) is 5.69 Å². The molecule has 0 amide bonds. The molecule has 13 heavy (non-hydrogen) atoms. The number of hydrogen-bond donors (Lipinski definition) is 0. The fourth-order valence-corrected chi connectivity index (χ4v) is 1.46. The largest absolute Gasteiger partial charge is 0.240 e. The quantitative estimate of drug-likeness (QED) is 0.643. The summed E-state index contributed by atoms with van der Waals surface area (Å²) in [5.41, 5.74) is 3.61. The van der Waals surface area contributed by atoms with Gasteiger partial charge in [0.2, 0.25) is 0 Å². The van der Waals surface area contributed by atoms with E-state index in [4.69, 9.17) is 0 Å². The van der Waals surface area contributed by atoms with Crippen molar-refractivity contribution >= 4 is 0 Å². The Hall–Kier alpha value is -1.57. The summed E-state index contributed by atoms with van der Waals surface area (Å²) >= 11 is 0. The third-order valence-electron chi connectivity index (χ3n) is 1.92. The van der Waals surface area contributed by atoms with Crippen LogP contribution in [0.5, 0.6) is 0 Å². The standard InChI is InChI=1S/C11H11N2/c1-9-6-10(2)8-11(7-9)13-5-3-4-12-13/h4-8H,1-2H3. The van der Waals surface area contributed by atoms with Gasteiger partial charge in [0.15, 0.2) is 0 Å². The van der Waals surface area contributed by atoms with Crippen LogP contribution in [-0.4, -0.2) is 9.78 Å².